The average molecular weight is 290 g/mol. The number of likely N-dealkylation sites (N-methyl/N-ethyl adjacent to an activating group) is 1. The Labute approximate surface area is 126 Å². The summed E-state index contributed by atoms with van der Waals surface area (Å²) < 4.78 is 19.8. The fraction of sp³-hybridized carbons (Fsp3) is 0.529. The number of hydrogen-bond donors (Lipinski definition) is 1. The van der Waals surface area contributed by atoms with Gasteiger partial charge in [-0.1, -0.05) is 17.9 Å². The van der Waals surface area contributed by atoms with Crippen LogP contribution in [-0.2, 0) is 11.3 Å². The molecular weight excluding hydrogens is 267 g/mol. The fourth-order valence-electron chi connectivity index (χ4n) is 2.56. The van der Waals surface area contributed by atoms with Crippen molar-refractivity contribution >= 4 is 0 Å². The molecule has 0 saturated carbocycles. The SMILES string of the molecule is CN(Cc1ccc(C#CCN)cc1F)CC1CCCCO1. The summed E-state index contributed by atoms with van der Waals surface area (Å²) in [6.45, 7) is 2.55. The van der Waals surface area contributed by atoms with Crippen LogP contribution in [0.25, 0.3) is 0 Å². The van der Waals surface area contributed by atoms with Crippen LogP contribution < -0.4 is 5.73 Å². The number of ether oxygens (including phenoxy) is 1. The minimum absolute atomic E-state index is 0.213. The topological polar surface area (TPSA) is 38.5 Å². The minimum Gasteiger partial charge on any atom is -0.377 e. The molecule has 0 aromatic heterocycles. The Morgan fingerprint density at radius 1 is 1.43 bits per heavy atom. The summed E-state index contributed by atoms with van der Waals surface area (Å²) >= 11 is 0. The molecule has 4 heteroatoms. The number of rotatable bonds is 4. The van der Waals surface area contributed by atoms with Gasteiger partial charge in [-0.15, -0.1) is 0 Å². The molecule has 1 aliphatic rings. The molecule has 1 unspecified atom stereocenters. The van der Waals surface area contributed by atoms with Crippen LogP contribution >= 0.6 is 0 Å². The molecule has 0 radical (unpaired) electrons. The first-order chi connectivity index (χ1) is 10.2. The van der Waals surface area contributed by atoms with Crippen LogP contribution in [0, 0.1) is 17.7 Å². The maximum atomic E-state index is 14.1. The molecule has 0 spiro atoms. The van der Waals surface area contributed by atoms with Gasteiger partial charge in [0.2, 0.25) is 0 Å². The second-order valence-corrected chi connectivity index (χ2v) is 5.50. The van der Waals surface area contributed by atoms with E-state index < -0.39 is 0 Å². The standard InChI is InChI=1S/C17H23FN2O/c1-20(13-16-6-2-3-10-21-16)12-15-8-7-14(5-4-9-19)11-17(15)18/h7-8,11,16H,2-3,6,9-10,12-13,19H2,1H3. The molecule has 2 N–H and O–H groups in total. The Hall–Kier alpha value is -1.41. The lowest BCUT2D eigenvalue weighted by atomic mass is 10.1. The highest BCUT2D eigenvalue weighted by molar-refractivity contribution is 5.37. The molecule has 1 saturated heterocycles. The van der Waals surface area contributed by atoms with Gasteiger partial charge in [0, 0.05) is 30.8 Å². The first kappa shape index (κ1) is 16.0. The van der Waals surface area contributed by atoms with Crippen molar-refractivity contribution < 1.29 is 9.13 Å². The van der Waals surface area contributed by atoms with Gasteiger partial charge in [0.05, 0.1) is 12.6 Å². The van der Waals surface area contributed by atoms with Gasteiger partial charge in [-0.2, -0.15) is 0 Å². The Balaban J connectivity index is 1.92. The third-order valence-corrected chi connectivity index (χ3v) is 3.62. The van der Waals surface area contributed by atoms with E-state index in [-0.39, 0.29) is 18.5 Å². The molecule has 2 rings (SSSR count). The van der Waals surface area contributed by atoms with E-state index in [0.29, 0.717) is 17.7 Å². The zero-order valence-corrected chi connectivity index (χ0v) is 12.6. The van der Waals surface area contributed by atoms with Crippen LogP contribution in [0.1, 0.15) is 30.4 Å². The molecule has 114 valence electrons. The Morgan fingerprint density at radius 3 is 2.95 bits per heavy atom. The molecule has 0 bridgehead atoms. The van der Waals surface area contributed by atoms with Crippen molar-refractivity contribution in [2.75, 3.05) is 26.7 Å². The van der Waals surface area contributed by atoms with Gasteiger partial charge in [0.15, 0.2) is 0 Å². The molecular formula is C17H23FN2O. The highest BCUT2D eigenvalue weighted by Crippen LogP contribution is 2.16. The number of benzene rings is 1. The summed E-state index contributed by atoms with van der Waals surface area (Å²) in [6.07, 6.45) is 3.75. The summed E-state index contributed by atoms with van der Waals surface area (Å²) in [5.41, 5.74) is 6.67. The summed E-state index contributed by atoms with van der Waals surface area (Å²) in [4.78, 5) is 2.11. The van der Waals surface area contributed by atoms with Gasteiger partial charge in [0.25, 0.3) is 0 Å². The summed E-state index contributed by atoms with van der Waals surface area (Å²) in [6, 6.07) is 5.11. The second-order valence-electron chi connectivity index (χ2n) is 5.50. The lowest BCUT2D eigenvalue weighted by Gasteiger charge is -2.27. The molecule has 1 aromatic carbocycles. The minimum atomic E-state index is -0.213. The predicted molar refractivity (Wildman–Crippen MR) is 82.3 cm³/mol. The van der Waals surface area contributed by atoms with Crippen molar-refractivity contribution in [2.24, 2.45) is 5.73 Å². The van der Waals surface area contributed by atoms with Gasteiger partial charge in [0.1, 0.15) is 5.82 Å². The summed E-state index contributed by atoms with van der Waals surface area (Å²) in [7, 11) is 2.00. The Bertz CT molecular complexity index is 515. The van der Waals surface area contributed by atoms with Crippen molar-refractivity contribution in [3.8, 4) is 11.8 Å². The van der Waals surface area contributed by atoms with Crippen molar-refractivity contribution in [3.63, 3.8) is 0 Å². The first-order valence-corrected chi connectivity index (χ1v) is 7.46. The van der Waals surface area contributed by atoms with E-state index >= 15 is 0 Å². The van der Waals surface area contributed by atoms with Gasteiger partial charge in [-0.05, 0) is 38.4 Å². The summed E-state index contributed by atoms with van der Waals surface area (Å²) in [5, 5.41) is 0. The molecule has 21 heavy (non-hydrogen) atoms. The molecule has 1 aliphatic heterocycles. The van der Waals surface area contributed by atoms with Gasteiger partial charge >= 0.3 is 0 Å². The molecule has 1 atom stereocenters. The highest BCUT2D eigenvalue weighted by atomic mass is 19.1. The molecule has 1 aromatic rings. The maximum absolute atomic E-state index is 14.1. The van der Waals surface area contributed by atoms with Gasteiger partial charge in [-0.3, -0.25) is 4.90 Å². The van der Waals surface area contributed by atoms with E-state index in [2.05, 4.69) is 16.7 Å². The van der Waals surface area contributed by atoms with E-state index in [1.807, 2.05) is 13.1 Å². The van der Waals surface area contributed by atoms with E-state index in [1.165, 1.54) is 12.5 Å². The zero-order chi connectivity index (χ0) is 15.1. The first-order valence-electron chi connectivity index (χ1n) is 7.46. The molecule has 3 nitrogen and oxygen atoms in total. The lowest BCUT2D eigenvalue weighted by molar-refractivity contribution is -0.00272. The maximum Gasteiger partial charge on any atom is 0.128 e. The normalized spacial score (nSPS) is 18.4. The second kappa shape index (κ2) is 8.14. The van der Waals surface area contributed by atoms with Gasteiger partial charge < -0.3 is 10.5 Å². The number of halogens is 1. The monoisotopic (exact) mass is 290 g/mol. The number of hydrogen-bond acceptors (Lipinski definition) is 3. The largest absolute Gasteiger partial charge is 0.377 e. The van der Waals surface area contributed by atoms with Crippen molar-refractivity contribution in [3.05, 3.63) is 35.1 Å². The van der Waals surface area contributed by atoms with Gasteiger partial charge in [-0.25, -0.2) is 4.39 Å². The smallest absolute Gasteiger partial charge is 0.128 e. The van der Waals surface area contributed by atoms with Crippen LogP contribution in [0.15, 0.2) is 18.2 Å². The van der Waals surface area contributed by atoms with Crippen molar-refractivity contribution in [1.82, 2.24) is 4.90 Å². The quantitative estimate of drug-likeness (QED) is 0.864. The van der Waals surface area contributed by atoms with E-state index in [9.17, 15) is 4.39 Å². The number of nitrogens with two attached hydrogens (primary N) is 1. The van der Waals surface area contributed by atoms with E-state index in [4.69, 9.17) is 10.5 Å². The lowest BCUT2D eigenvalue weighted by Crippen LogP contribution is -2.33. The van der Waals surface area contributed by atoms with Crippen LogP contribution in [0.5, 0.6) is 0 Å². The third-order valence-electron chi connectivity index (χ3n) is 3.62. The van der Waals surface area contributed by atoms with E-state index in [0.717, 1.165) is 26.0 Å². The highest BCUT2D eigenvalue weighted by Gasteiger charge is 2.16. The zero-order valence-electron chi connectivity index (χ0n) is 12.6. The van der Waals surface area contributed by atoms with Crippen LogP contribution in [0.4, 0.5) is 4.39 Å². The van der Waals surface area contributed by atoms with Crippen LogP contribution in [-0.4, -0.2) is 37.7 Å². The molecule has 1 heterocycles. The van der Waals surface area contributed by atoms with E-state index in [1.54, 1.807) is 6.07 Å². The van der Waals surface area contributed by atoms with Crippen molar-refractivity contribution in [1.29, 1.82) is 0 Å². The Kier molecular flexibility index (Phi) is 6.19. The fourth-order valence-corrected chi connectivity index (χ4v) is 2.56. The predicted octanol–water partition coefficient (Wildman–Crippen LogP) is 2.14. The molecule has 0 amide bonds. The Morgan fingerprint density at radius 2 is 2.29 bits per heavy atom. The average Bonchev–Trinajstić information content (AvgIpc) is 2.48. The molecule has 1 fully saturated rings. The molecule has 0 aliphatic carbocycles. The van der Waals surface area contributed by atoms with Crippen molar-refractivity contribution in [2.45, 2.75) is 31.9 Å². The third kappa shape index (κ3) is 5.13. The van der Waals surface area contributed by atoms with Crippen LogP contribution in [0.2, 0.25) is 0 Å². The number of nitrogens with zero attached hydrogens (tertiary/aromatic N) is 1. The summed E-state index contributed by atoms with van der Waals surface area (Å²) in [5.74, 6) is 5.36. The van der Waals surface area contributed by atoms with Crippen LogP contribution in [0.3, 0.4) is 0 Å².